The molecule has 2 heteroatoms. The summed E-state index contributed by atoms with van der Waals surface area (Å²) in [5.41, 5.74) is 10.6. The lowest BCUT2D eigenvalue weighted by Crippen LogP contribution is -2.51. The summed E-state index contributed by atoms with van der Waals surface area (Å²) in [5, 5.41) is 0. The van der Waals surface area contributed by atoms with Crippen molar-refractivity contribution in [1.29, 1.82) is 0 Å². The molecule has 1 aliphatic carbocycles. The molecule has 2 unspecified atom stereocenters. The summed E-state index contributed by atoms with van der Waals surface area (Å²) in [7, 11) is 0. The second-order valence-electron chi connectivity index (χ2n) is 2.38. The Morgan fingerprint density at radius 2 is 2.11 bits per heavy atom. The van der Waals surface area contributed by atoms with Crippen molar-refractivity contribution in [3.63, 3.8) is 0 Å². The van der Waals surface area contributed by atoms with E-state index in [-0.39, 0.29) is 6.04 Å². The van der Waals surface area contributed by atoms with E-state index in [1.807, 2.05) is 18.2 Å². The monoisotopic (exact) mass is 123 g/mol. The highest BCUT2D eigenvalue weighted by atomic mass is 14.8. The van der Waals surface area contributed by atoms with Gasteiger partial charge in [0.05, 0.1) is 5.54 Å². The maximum Gasteiger partial charge on any atom is 0.0533 e. The summed E-state index contributed by atoms with van der Waals surface area (Å²) < 4.78 is 0. The fourth-order valence-electron chi connectivity index (χ4n) is 0.709. The third kappa shape index (κ3) is 1.20. The molecule has 1 radical (unpaired) electrons. The van der Waals surface area contributed by atoms with E-state index in [1.54, 1.807) is 6.08 Å². The normalized spacial score (nSPS) is 41.4. The van der Waals surface area contributed by atoms with Crippen LogP contribution in [0.3, 0.4) is 0 Å². The predicted molar refractivity (Wildman–Crippen MR) is 38.5 cm³/mol. The maximum absolute atomic E-state index is 5.65. The molecule has 2 nitrogen and oxygen atoms in total. The van der Waals surface area contributed by atoms with Crippen LogP contribution in [0.25, 0.3) is 0 Å². The summed E-state index contributed by atoms with van der Waals surface area (Å²) in [6, 6.07) is -0.150. The lowest BCUT2D eigenvalue weighted by Gasteiger charge is -2.27. The minimum atomic E-state index is -0.602. The largest absolute Gasteiger partial charge is 0.323 e. The van der Waals surface area contributed by atoms with Crippen molar-refractivity contribution in [3.8, 4) is 0 Å². The van der Waals surface area contributed by atoms with Gasteiger partial charge in [-0.2, -0.15) is 0 Å². The van der Waals surface area contributed by atoms with Crippen molar-refractivity contribution in [2.45, 2.75) is 11.6 Å². The van der Waals surface area contributed by atoms with Gasteiger partial charge in [0.25, 0.3) is 0 Å². The van der Waals surface area contributed by atoms with E-state index in [2.05, 4.69) is 6.92 Å². The van der Waals surface area contributed by atoms with Crippen LogP contribution in [0.4, 0.5) is 0 Å². The van der Waals surface area contributed by atoms with Crippen LogP contribution in [0.5, 0.6) is 0 Å². The van der Waals surface area contributed by atoms with Crippen LogP contribution in [0.2, 0.25) is 0 Å². The molecule has 1 aliphatic rings. The molecule has 0 saturated heterocycles. The van der Waals surface area contributed by atoms with Crippen LogP contribution in [-0.4, -0.2) is 11.6 Å². The van der Waals surface area contributed by atoms with Crippen LogP contribution in [0, 0.1) is 6.92 Å². The fourth-order valence-corrected chi connectivity index (χ4v) is 0.709. The molecule has 0 saturated carbocycles. The van der Waals surface area contributed by atoms with Gasteiger partial charge in [0.1, 0.15) is 0 Å². The van der Waals surface area contributed by atoms with Crippen molar-refractivity contribution in [2.24, 2.45) is 11.5 Å². The molecular formula is C7H11N2. The molecule has 0 bridgehead atoms. The minimum Gasteiger partial charge on any atom is -0.323 e. The van der Waals surface area contributed by atoms with Crippen LogP contribution in [0.15, 0.2) is 24.3 Å². The van der Waals surface area contributed by atoms with E-state index in [1.165, 1.54) is 0 Å². The number of hydrogen-bond acceptors (Lipinski definition) is 2. The first-order chi connectivity index (χ1) is 4.13. The average Bonchev–Trinajstić information content (AvgIpc) is 1.77. The van der Waals surface area contributed by atoms with Gasteiger partial charge in [-0.25, -0.2) is 0 Å². The molecule has 0 amide bonds. The summed E-state index contributed by atoms with van der Waals surface area (Å²) in [5.74, 6) is 0. The Morgan fingerprint density at radius 3 is 2.44 bits per heavy atom. The predicted octanol–water partition coefficient (Wildman–Crippen LogP) is -0.0287. The molecular weight excluding hydrogens is 112 g/mol. The van der Waals surface area contributed by atoms with Crippen LogP contribution in [-0.2, 0) is 0 Å². The Morgan fingerprint density at radius 1 is 1.44 bits per heavy atom. The van der Waals surface area contributed by atoms with Crippen molar-refractivity contribution >= 4 is 0 Å². The number of rotatable bonds is 0. The van der Waals surface area contributed by atoms with Crippen molar-refractivity contribution in [1.82, 2.24) is 0 Å². The first kappa shape index (κ1) is 6.52. The van der Waals surface area contributed by atoms with Crippen LogP contribution in [0.1, 0.15) is 0 Å². The van der Waals surface area contributed by atoms with Gasteiger partial charge in [0.15, 0.2) is 0 Å². The highest BCUT2D eigenvalue weighted by Crippen LogP contribution is 2.10. The molecule has 1 rings (SSSR count). The van der Waals surface area contributed by atoms with Gasteiger partial charge in [-0.1, -0.05) is 24.3 Å². The van der Waals surface area contributed by atoms with Gasteiger partial charge in [0.2, 0.25) is 0 Å². The lowest BCUT2D eigenvalue weighted by atomic mass is 9.90. The van der Waals surface area contributed by atoms with E-state index in [4.69, 9.17) is 11.5 Å². The van der Waals surface area contributed by atoms with E-state index in [0.29, 0.717) is 0 Å². The third-order valence-corrected chi connectivity index (χ3v) is 1.46. The summed E-state index contributed by atoms with van der Waals surface area (Å²) >= 11 is 0. The highest BCUT2D eigenvalue weighted by molar-refractivity contribution is 5.27. The first-order valence-electron chi connectivity index (χ1n) is 2.89. The second kappa shape index (κ2) is 1.97. The van der Waals surface area contributed by atoms with E-state index in [0.717, 1.165) is 0 Å². The van der Waals surface area contributed by atoms with Crippen LogP contribution < -0.4 is 11.5 Å². The zero-order chi connectivity index (χ0) is 6.91. The molecule has 0 heterocycles. The molecule has 0 aromatic carbocycles. The quantitative estimate of drug-likeness (QED) is 0.475. The Hall–Kier alpha value is -0.600. The topological polar surface area (TPSA) is 52.0 Å². The summed E-state index contributed by atoms with van der Waals surface area (Å²) in [4.78, 5) is 0. The SMILES string of the molecule is [CH2]C1(N)C=CC=CC1N. The average molecular weight is 123 g/mol. The molecule has 9 heavy (non-hydrogen) atoms. The molecule has 0 spiro atoms. The number of hydrogen-bond donors (Lipinski definition) is 2. The molecule has 2 atom stereocenters. The van der Waals surface area contributed by atoms with Crippen LogP contribution >= 0.6 is 0 Å². The van der Waals surface area contributed by atoms with Gasteiger partial charge >= 0.3 is 0 Å². The molecule has 4 N–H and O–H groups in total. The smallest absolute Gasteiger partial charge is 0.0533 e. The standard InChI is InChI=1S/C7H11N2/c1-7(9)5-3-2-4-6(7)8/h2-6H,1,8-9H2. The zero-order valence-corrected chi connectivity index (χ0v) is 5.25. The van der Waals surface area contributed by atoms with Crippen molar-refractivity contribution < 1.29 is 0 Å². The van der Waals surface area contributed by atoms with Gasteiger partial charge < -0.3 is 11.5 Å². The number of nitrogens with two attached hydrogens (primary N) is 2. The van der Waals surface area contributed by atoms with E-state index < -0.39 is 5.54 Å². The third-order valence-electron chi connectivity index (χ3n) is 1.46. The molecule has 0 aromatic heterocycles. The van der Waals surface area contributed by atoms with Gasteiger partial charge in [-0.3, -0.25) is 0 Å². The molecule has 49 valence electrons. The van der Waals surface area contributed by atoms with Gasteiger partial charge in [0, 0.05) is 6.04 Å². The molecule has 0 aromatic rings. The Labute approximate surface area is 55.2 Å². The van der Waals surface area contributed by atoms with Gasteiger partial charge in [-0.15, -0.1) is 0 Å². The van der Waals surface area contributed by atoms with Crippen molar-refractivity contribution in [2.75, 3.05) is 0 Å². The maximum atomic E-state index is 5.65. The van der Waals surface area contributed by atoms with Crippen molar-refractivity contribution in [3.05, 3.63) is 31.2 Å². The summed E-state index contributed by atoms with van der Waals surface area (Å²) in [6.07, 6.45) is 7.38. The Balaban J connectivity index is 2.78. The fraction of sp³-hybridized carbons (Fsp3) is 0.286. The molecule has 0 aliphatic heterocycles. The second-order valence-corrected chi connectivity index (χ2v) is 2.38. The first-order valence-corrected chi connectivity index (χ1v) is 2.89. The lowest BCUT2D eigenvalue weighted by molar-refractivity contribution is 0.567. The molecule has 0 fully saturated rings. The Kier molecular flexibility index (Phi) is 1.43. The summed E-state index contributed by atoms with van der Waals surface area (Å²) in [6.45, 7) is 3.73. The highest BCUT2D eigenvalue weighted by Gasteiger charge is 2.22. The van der Waals surface area contributed by atoms with E-state index in [9.17, 15) is 0 Å². The van der Waals surface area contributed by atoms with Gasteiger partial charge in [-0.05, 0) is 6.92 Å². The van der Waals surface area contributed by atoms with E-state index >= 15 is 0 Å². The number of allylic oxidation sites excluding steroid dienone is 2. The zero-order valence-electron chi connectivity index (χ0n) is 5.25. The minimum absolute atomic E-state index is 0.150. The Bertz CT molecular complexity index is 156.